The van der Waals surface area contributed by atoms with Gasteiger partial charge in [0.25, 0.3) is 0 Å². The molecule has 0 saturated carbocycles. The maximum Gasteiger partial charge on any atom is 0.405 e. The minimum Gasteiger partial charge on any atom is -0.465 e. The van der Waals surface area contributed by atoms with Gasteiger partial charge in [-0.25, -0.2) is 4.79 Å². The molecule has 1 heterocycles. The third-order valence-corrected chi connectivity index (χ3v) is 1.98. The van der Waals surface area contributed by atoms with Crippen molar-refractivity contribution in [3.63, 3.8) is 0 Å². The van der Waals surface area contributed by atoms with E-state index in [9.17, 15) is 4.79 Å². The summed E-state index contributed by atoms with van der Waals surface area (Å²) in [7, 11) is 0. The van der Waals surface area contributed by atoms with Gasteiger partial charge < -0.3 is 25.0 Å². The number of carbonyl (C=O) groups is 1. The minimum atomic E-state index is -1.18. The maximum absolute atomic E-state index is 10.4. The molecule has 14 heavy (non-hydrogen) atoms. The van der Waals surface area contributed by atoms with Crippen molar-refractivity contribution in [1.82, 2.24) is 5.32 Å². The quantitative estimate of drug-likeness (QED) is 0.592. The van der Waals surface area contributed by atoms with Crippen LogP contribution in [0.5, 0.6) is 0 Å². The average molecular weight is 205 g/mol. The lowest BCUT2D eigenvalue weighted by Crippen LogP contribution is -2.46. The van der Waals surface area contributed by atoms with Gasteiger partial charge in [-0.05, 0) is 13.8 Å². The van der Waals surface area contributed by atoms with Crippen LogP contribution in [0.15, 0.2) is 0 Å². The fourth-order valence-corrected chi connectivity index (χ4v) is 1.33. The molecule has 0 aliphatic carbocycles. The topological polar surface area (TPSA) is 88.0 Å². The molecule has 0 bridgehead atoms. The predicted octanol–water partition coefficient (Wildman–Crippen LogP) is -0.234. The Morgan fingerprint density at radius 3 is 2.71 bits per heavy atom. The number of rotatable bonds is 3. The van der Waals surface area contributed by atoms with E-state index in [0.29, 0.717) is 0 Å². The van der Waals surface area contributed by atoms with Crippen molar-refractivity contribution in [1.29, 1.82) is 0 Å². The monoisotopic (exact) mass is 205 g/mol. The Morgan fingerprint density at radius 1 is 1.71 bits per heavy atom. The van der Waals surface area contributed by atoms with E-state index >= 15 is 0 Å². The van der Waals surface area contributed by atoms with E-state index in [-0.39, 0.29) is 13.2 Å². The molecule has 1 fully saturated rings. The van der Waals surface area contributed by atoms with Crippen molar-refractivity contribution >= 4 is 6.09 Å². The van der Waals surface area contributed by atoms with Crippen molar-refractivity contribution in [3.8, 4) is 0 Å². The van der Waals surface area contributed by atoms with Gasteiger partial charge in [-0.15, -0.1) is 0 Å². The molecule has 0 aromatic rings. The van der Waals surface area contributed by atoms with Crippen LogP contribution in [-0.2, 0) is 9.47 Å². The van der Waals surface area contributed by atoms with Crippen molar-refractivity contribution in [2.75, 3.05) is 13.2 Å². The normalized spacial score (nSPS) is 27.2. The number of hydrogen-bond acceptors (Lipinski definition) is 4. The number of hydrogen-bond donors (Lipinski definition) is 3. The molecular formula is C8H15NO5. The Morgan fingerprint density at radius 2 is 2.36 bits per heavy atom. The summed E-state index contributed by atoms with van der Waals surface area (Å²) in [5.41, 5.74) is 0. The summed E-state index contributed by atoms with van der Waals surface area (Å²) in [4.78, 5) is 10.4. The lowest BCUT2D eigenvalue weighted by molar-refractivity contribution is -0.142. The van der Waals surface area contributed by atoms with Crippen LogP contribution in [0.2, 0.25) is 0 Å². The largest absolute Gasteiger partial charge is 0.465 e. The van der Waals surface area contributed by atoms with Gasteiger partial charge in [0.15, 0.2) is 5.79 Å². The highest BCUT2D eigenvalue weighted by molar-refractivity contribution is 5.64. The first-order valence-corrected chi connectivity index (χ1v) is 4.37. The second-order valence-corrected chi connectivity index (χ2v) is 3.61. The smallest absolute Gasteiger partial charge is 0.405 e. The molecule has 6 heteroatoms. The Labute approximate surface area is 81.8 Å². The first-order chi connectivity index (χ1) is 6.44. The molecule has 0 aromatic heterocycles. The van der Waals surface area contributed by atoms with Crippen LogP contribution in [0.25, 0.3) is 0 Å². The Balaban J connectivity index is 2.50. The van der Waals surface area contributed by atoms with Crippen LogP contribution in [0, 0.1) is 0 Å². The van der Waals surface area contributed by atoms with E-state index in [2.05, 4.69) is 5.32 Å². The van der Waals surface area contributed by atoms with E-state index in [1.54, 1.807) is 13.8 Å². The highest BCUT2D eigenvalue weighted by Crippen LogP contribution is 2.23. The number of aliphatic hydroxyl groups is 1. The molecular weight excluding hydrogens is 190 g/mol. The fraction of sp³-hybridized carbons (Fsp3) is 0.875. The number of nitrogens with one attached hydrogen (secondary N) is 1. The third kappa shape index (κ3) is 2.83. The highest BCUT2D eigenvalue weighted by atomic mass is 16.7. The van der Waals surface area contributed by atoms with E-state index in [4.69, 9.17) is 19.7 Å². The van der Waals surface area contributed by atoms with E-state index in [1.165, 1.54) is 0 Å². The number of aliphatic hydroxyl groups excluding tert-OH is 1. The molecule has 6 nitrogen and oxygen atoms in total. The fourth-order valence-electron chi connectivity index (χ4n) is 1.33. The number of carboxylic acid groups (broad SMARTS) is 1. The van der Waals surface area contributed by atoms with Crippen LogP contribution in [0.3, 0.4) is 0 Å². The van der Waals surface area contributed by atoms with Crippen LogP contribution in [-0.4, -0.2) is 47.5 Å². The summed E-state index contributed by atoms with van der Waals surface area (Å²) < 4.78 is 10.6. The van der Waals surface area contributed by atoms with Crippen molar-refractivity contribution in [3.05, 3.63) is 0 Å². The number of ether oxygens (including phenoxy) is 2. The zero-order chi connectivity index (χ0) is 10.8. The van der Waals surface area contributed by atoms with Gasteiger partial charge in [0.1, 0.15) is 6.10 Å². The van der Waals surface area contributed by atoms with Gasteiger partial charge in [-0.1, -0.05) is 0 Å². The molecule has 0 aromatic carbocycles. The van der Waals surface area contributed by atoms with Crippen molar-refractivity contribution in [2.45, 2.75) is 31.8 Å². The molecule has 0 radical (unpaired) electrons. The first kappa shape index (κ1) is 11.2. The summed E-state index contributed by atoms with van der Waals surface area (Å²) in [5, 5.41) is 19.6. The van der Waals surface area contributed by atoms with Gasteiger partial charge in [-0.2, -0.15) is 0 Å². The van der Waals surface area contributed by atoms with Gasteiger partial charge in [0, 0.05) is 0 Å². The second-order valence-electron chi connectivity index (χ2n) is 3.61. The van der Waals surface area contributed by atoms with E-state index in [1.807, 2.05) is 0 Å². The van der Waals surface area contributed by atoms with Crippen LogP contribution in [0.4, 0.5) is 4.79 Å². The molecule has 1 aliphatic rings. The van der Waals surface area contributed by atoms with Gasteiger partial charge in [0.2, 0.25) is 0 Å². The summed E-state index contributed by atoms with van der Waals surface area (Å²) in [5.74, 6) is -0.710. The highest BCUT2D eigenvalue weighted by Gasteiger charge is 2.37. The first-order valence-electron chi connectivity index (χ1n) is 4.37. The molecule has 0 spiro atoms. The lowest BCUT2D eigenvalue weighted by Gasteiger charge is -2.22. The molecule has 1 saturated heterocycles. The zero-order valence-corrected chi connectivity index (χ0v) is 8.19. The standard InChI is InChI=1S/C8H15NO5/c1-8(2)13-4-6(14-8)5(3-10)9-7(11)12/h5-6,9-10H,3-4H2,1-2H3,(H,11,12)/t5-,6+/m1/s1. The van der Waals surface area contributed by atoms with Gasteiger partial charge in [0.05, 0.1) is 19.3 Å². The molecule has 1 amide bonds. The molecule has 1 rings (SSSR count). The summed E-state index contributed by atoms with van der Waals surface area (Å²) >= 11 is 0. The molecule has 1 aliphatic heterocycles. The molecule has 3 N–H and O–H groups in total. The predicted molar refractivity (Wildman–Crippen MR) is 46.9 cm³/mol. The second kappa shape index (κ2) is 4.12. The zero-order valence-electron chi connectivity index (χ0n) is 8.19. The van der Waals surface area contributed by atoms with E-state index < -0.39 is 24.0 Å². The Hall–Kier alpha value is -0.850. The Kier molecular flexibility index (Phi) is 3.30. The minimum absolute atomic E-state index is 0.276. The van der Waals surface area contributed by atoms with Gasteiger partial charge in [-0.3, -0.25) is 0 Å². The Bertz CT molecular complexity index is 218. The summed E-state index contributed by atoms with van der Waals surface area (Å²) in [6.07, 6.45) is -1.62. The van der Waals surface area contributed by atoms with E-state index in [0.717, 1.165) is 0 Å². The van der Waals surface area contributed by atoms with Crippen molar-refractivity contribution in [2.24, 2.45) is 0 Å². The summed E-state index contributed by atoms with van der Waals surface area (Å²) in [6, 6.07) is -0.644. The maximum atomic E-state index is 10.4. The van der Waals surface area contributed by atoms with Crippen LogP contribution in [0.1, 0.15) is 13.8 Å². The molecule has 2 atom stereocenters. The average Bonchev–Trinajstić information content (AvgIpc) is 2.41. The molecule has 0 unspecified atom stereocenters. The SMILES string of the molecule is CC1(C)OC[C@@H]([C@@H](CO)NC(=O)O)O1. The third-order valence-electron chi connectivity index (χ3n) is 1.98. The summed E-state index contributed by atoms with van der Waals surface area (Å²) in [6.45, 7) is 3.44. The number of amides is 1. The van der Waals surface area contributed by atoms with Crippen LogP contribution >= 0.6 is 0 Å². The van der Waals surface area contributed by atoms with Gasteiger partial charge >= 0.3 is 6.09 Å². The molecule has 82 valence electrons. The van der Waals surface area contributed by atoms with Crippen LogP contribution < -0.4 is 5.32 Å². The van der Waals surface area contributed by atoms with Crippen molar-refractivity contribution < 1.29 is 24.5 Å². The lowest BCUT2D eigenvalue weighted by atomic mass is 10.2.